The van der Waals surface area contributed by atoms with Crippen LogP contribution >= 0.6 is 11.6 Å². The second-order valence-electron chi connectivity index (χ2n) is 4.66. The molecule has 0 saturated heterocycles. The summed E-state index contributed by atoms with van der Waals surface area (Å²) in [7, 11) is 0. The van der Waals surface area contributed by atoms with Crippen LogP contribution in [-0.4, -0.2) is 6.03 Å². The molecule has 0 heterocycles. The van der Waals surface area contributed by atoms with E-state index in [-0.39, 0.29) is 12.1 Å². The number of amides is 2. The molecule has 0 bridgehead atoms. The number of hydrogen-bond acceptors (Lipinski definition) is 1. The molecule has 3 nitrogen and oxygen atoms in total. The Kier molecular flexibility index (Phi) is 4.64. The van der Waals surface area contributed by atoms with Gasteiger partial charge in [-0.25, -0.2) is 4.79 Å². The molecule has 0 radical (unpaired) electrons. The summed E-state index contributed by atoms with van der Waals surface area (Å²) in [5, 5.41) is 6.17. The monoisotopic (exact) mass is 288 g/mol. The predicted octanol–water partition coefficient (Wildman–Crippen LogP) is 4.53. The quantitative estimate of drug-likeness (QED) is 0.856. The Morgan fingerprint density at radius 3 is 2.45 bits per heavy atom. The first-order valence-corrected chi connectivity index (χ1v) is 6.83. The molecule has 0 spiro atoms. The molecule has 1 atom stereocenters. The van der Waals surface area contributed by atoms with E-state index >= 15 is 0 Å². The van der Waals surface area contributed by atoms with Crippen molar-refractivity contribution in [1.29, 1.82) is 0 Å². The standard InChI is InChI=1S/C16H17ClN2O/c1-11-7-3-4-8-13(11)12(2)18-16(20)19-15-10-6-5-9-14(15)17/h3-10,12H,1-2H3,(H2,18,19,20). The highest BCUT2D eigenvalue weighted by atomic mass is 35.5. The van der Waals surface area contributed by atoms with Crippen molar-refractivity contribution < 1.29 is 4.79 Å². The molecule has 0 aliphatic heterocycles. The fourth-order valence-electron chi connectivity index (χ4n) is 2.07. The minimum atomic E-state index is -0.270. The summed E-state index contributed by atoms with van der Waals surface area (Å²) in [6.45, 7) is 3.98. The summed E-state index contributed by atoms with van der Waals surface area (Å²) in [6.07, 6.45) is 0. The molecule has 4 heteroatoms. The van der Waals surface area contributed by atoms with Crippen LogP contribution in [0.15, 0.2) is 48.5 Å². The first-order chi connectivity index (χ1) is 9.58. The van der Waals surface area contributed by atoms with Gasteiger partial charge in [0.1, 0.15) is 0 Å². The number of anilines is 1. The molecule has 20 heavy (non-hydrogen) atoms. The largest absolute Gasteiger partial charge is 0.331 e. The lowest BCUT2D eigenvalue weighted by molar-refractivity contribution is 0.249. The molecular weight excluding hydrogens is 272 g/mol. The smallest absolute Gasteiger partial charge is 0.319 e. The van der Waals surface area contributed by atoms with Crippen LogP contribution in [0.3, 0.4) is 0 Å². The first-order valence-electron chi connectivity index (χ1n) is 6.45. The Hall–Kier alpha value is -2.00. The maximum Gasteiger partial charge on any atom is 0.319 e. The maximum absolute atomic E-state index is 12.0. The fourth-order valence-corrected chi connectivity index (χ4v) is 2.25. The van der Waals surface area contributed by atoms with Crippen LogP contribution in [0.25, 0.3) is 0 Å². The zero-order valence-electron chi connectivity index (χ0n) is 11.5. The number of carbonyl (C=O) groups excluding carboxylic acids is 1. The van der Waals surface area contributed by atoms with Gasteiger partial charge in [-0.05, 0) is 37.1 Å². The van der Waals surface area contributed by atoms with Crippen molar-refractivity contribution in [1.82, 2.24) is 5.32 Å². The third kappa shape index (κ3) is 3.52. The topological polar surface area (TPSA) is 41.1 Å². The van der Waals surface area contributed by atoms with Crippen molar-refractivity contribution in [3.63, 3.8) is 0 Å². The summed E-state index contributed by atoms with van der Waals surface area (Å²) in [5.74, 6) is 0. The number of nitrogens with one attached hydrogen (secondary N) is 2. The van der Waals surface area contributed by atoms with E-state index in [9.17, 15) is 4.79 Å². The summed E-state index contributed by atoms with van der Waals surface area (Å²) in [6, 6.07) is 14.8. The van der Waals surface area contributed by atoms with Gasteiger partial charge in [0.15, 0.2) is 0 Å². The lowest BCUT2D eigenvalue weighted by atomic mass is 10.0. The van der Waals surface area contributed by atoms with Crippen molar-refractivity contribution in [2.45, 2.75) is 19.9 Å². The molecule has 0 aliphatic carbocycles. The second kappa shape index (κ2) is 6.44. The summed E-state index contributed by atoms with van der Waals surface area (Å²) in [4.78, 5) is 12.0. The molecule has 0 aliphatic rings. The second-order valence-corrected chi connectivity index (χ2v) is 5.06. The maximum atomic E-state index is 12.0. The van der Waals surface area contributed by atoms with Crippen LogP contribution in [0.1, 0.15) is 24.1 Å². The highest BCUT2D eigenvalue weighted by Crippen LogP contribution is 2.21. The fraction of sp³-hybridized carbons (Fsp3) is 0.188. The van der Waals surface area contributed by atoms with E-state index < -0.39 is 0 Å². The van der Waals surface area contributed by atoms with E-state index in [0.717, 1.165) is 11.1 Å². The molecular formula is C16H17ClN2O. The normalized spacial score (nSPS) is 11.8. The molecule has 2 amide bonds. The van der Waals surface area contributed by atoms with Crippen molar-refractivity contribution >= 4 is 23.3 Å². The van der Waals surface area contributed by atoms with Gasteiger partial charge in [-0.2, -0.15) is 0 Å². The van der Waals surface area contributed by atoms with Gasteiger partial charge in [-0.3, -0.25) is 0 Å². The minimum Gasteiger partial charge on any atom is -0.331 e. The third-order valence-electron chi connectivity index (χ3n) is 3.12. The first kappa shape index (κ1) is 14.4. The summed E-state index contributed by atoms with van der Waals surface area (Å²) in [5.41, 5.74) is 2.85. The van der Waals surface area contributed by atoms with Crippen LogP contribution in [-0.2, 0) is 0 Å². The minimum absolute atomic E-state index is 0.0707. The predicted molar refractivity (Wildman–Crippen MR) is 83.2 cm³/mol. The summed E-state index contributed by atoms with van der Waals surface area (Å²) >= 11 is 6.00. The molecule has 104 valence electrons. The molecule has 2 aromatic carbocycles. The Labute approximate surface area is 124 Å². The van der Waals surface area contributed by atoms with Crippen molar-refractivity contribution in [2.75, 3.05) is 5.32 Å². The number of para-hydroxylation sites is 1. The van der Waals surface area contributed by atoms with Gasteiger partial charge < -0.3 is 10.6 Å². The highest BCUT2D eigenvalue weighted by molar-refractivity contribution is 6.33. The number of rotatable bonds is 3. The zero-order valence-corrected chi connectivity index (χ0v) is 12.2. The Morgan fingerprint density at radius 1 is 1.10 bits per heavy atom. The van der Waals surface area contributed by atoms with E-state index in [1.807, 2.05) is 50.2 Å². The summed E-state index contributed by atoms with van der Waals surface area (Å²) < 4.78 is 0. The Balaban J connectivity index is 2.02. The lowest BCUT2D eigenvalue weighted by Gasteiger charge is -2.17. The molecule has 1 unspecified atom stereocenters. The number of aryl methyl sites for hydroxylation is 1. The van der Waals surface area contributed by atoms with Gasteiger partial charge in [0.05, 0.1) is 16.8 Å². The number of carbonyl (C=O) groups is 1. The number of benzene rings is 2. The van der Waals surface area contributed by atoms with Crippen molar-refractivity contribution in [3.05, 3.63) is 64.7 Å². The number of halogens is 1. The van der Waals surface area contributed by atoms with E-state index in [4.69, 9.17) is 11.6 Å². The SMILES string of the molecule is Cc1ccccc1C(C)NC(=O)Nc1ccccc1Cl. The Morgan fingerprint density at radius 2 is 1.75 bits per heavy atom. The zero-order chi connectivity index (χ0) is 14.5. The van der Waals surface area contributed by atoms with Gasteiger partial charge in [0.2, 0.25) is 0 Å². The van der Waals surface area contributed by atoms with Gasteiger partial charge in [0, 0.05) is 0 Å². The molecule has 0 aromatic heterocycles. The van der Waals surface area contributed by atoms with Gasteiger partial charge in [-0.1, -0.05) is 48.0 Å². The molecule has 0 fully saturated rings. The van der Waals surface area contributed by atoms with Crippen molar-refractivity contribution in [2.24, 2.45) is 0 Å². The number of hydrogen-bond donors (Lipinski definition) is 2. The molecule has 0 saturated carbocycles. The van der Waals surface area contributed by atoms with Crippen LogP contribution < -0.4 is 10.6 Å². The molecule has 2 rings (SSSR count). The van der Waals surface area contributed by atoms with Crippen molar-refractivity contribution in [3.8, 4) is 0 Å². The molecule has 2 aromatic rings. The lowest BCUT2D eigenvalue weighted by Crippen LogP contribution is -2.31. The highest BCUT2D eigenvalue weighted by Gasteiger charge is 2.12. The van der Waals surface area contributed by atoms with Crippen LogP contribution in [0.4, 0.5) is 10.5 Å². The molecule has 2 N–H and O–H groups in total. The Bertz CT molecular complexity index is 613. The van der Waals surface area contributed by atoms with Gasteiger partial charge in [-0.15, -0.1) is 0 Å². The average Bonchev–Trinajstić information content (AvgIpc) is 2.41. The van der Waals surface area contributed by atoms with Gasteiger partial charge >= 0.3 is 6.03 Å². The third-order valence-corrected chi connectivity index (χ3v) is 3.45. The van der Waals surface area contributed by atoms with E-state index in [0.29, 0.717) is 10.7 Å². The number of urea groups is 1. The van der Waals surface area contributed by atoms with Crippen LogP contribution in [0, 0.1) is 6.92 Å². The van der Waals surface area contributed by atoms with Crippen LogP contribution in [0.2, 0.25) is 5.02 Å². The van der Waals surface area contributed by atoms with E-state index in [1.165, 1.54) is 0 Å². The van der Waals surface area contributed by atoms with E-state index in [2.05, 4.69) is 10.6 Å². The van der Waals surface area contributed by atoms with Crippen LogP contribution in [0.5, 0.6) is 0 Å². The van der Waals surface area contributed by atoms with E-state index in [1.54, 1.807) is 12.1 Å². The average molecular weight is 289 g/mol. The van der Waals surface area contributed by atoms with Gasteiger partial charge in [0.25, 0.3) is 0 Å².